The van der Waals surface area contributed by atoms with Gasteiger partial charge in [0.25, 0.3) is 0 Å². The lowest BCUT2D eigenvalue weighted by atomic mass is 10.2. The number of hydrogen-bond acceptors (Lipinski definition) is 5. The zero-order chi connectivity index (χ0) is 23.6. The highest BCUT2D eigenvalue weighted by Gasteiger charge is 2.12. The van der Waals surface area contributed by atoms with Gasteiger partial charge < -0.3 is 5.32 Å². The summed E-state index contributed by atoms with van der Waals surface area (Å²) in [5.74, 6) is 1.32. The largest absolute Gasteiger partial charge is 0.338 e. The van der Waals surface area contributed by atoms with Crippen molar-refractivity contribution in [3.05, 3.63) is 115 Å². The van der Waals surface area contributed by atoms with Crippen LogP contribution in [0.5, 0.6) is 0 Å². The third-order valence-electron chi connectivity index (χ3n) is 5.80. The van der Waals surface area contributed by atoms with Gasteiger partial charge in [0, 0.05) is 27.9 Å². The van der Waals surface area contributed by atoms with E-state index >= 15 is 0 Å². The van der Waals surface area contributed by atoms with Crippen LogP contribution < -0.4 is 5.32 Å². The topological polar surface area (TPSA) is 60.0 Å². The molecule has 0 unspecified atom stereocenters. The molecular formula is C27H21FN6S. The van der Waals surface area contributed by atoms with E-state index in [0.717, 1.165) is 44.8 Å². The smallest absolute Gasteiger partial charge is 0.158 e. The number of aromatic nitrogens is 5. The summed E-state index contributed by atoms with van der Waals surface area (Å²) in [6, 6.07) is 25.1. The van der Waals surface area contributed by atoms with Gasteiger partial charge in [-0.2, -0.15) is 10.2 Å². The Morgan fingerprint density at radius 2 is 1.83 bits per heavy atom. The number of fused-ring (bicyclic) bond motifs is 2. The van der Waals surface area contributed by atoms with Gasteiger partial charge in [-0.3, -0.25) is 4.68 Å². The Kier molecular flexibility index (Phi) is 5.64. The fourth-order valence-electron chi connectivity index (χ4n) is 4.14. The normalized spacial score (nSPS) is 11.3. The number of nitrogens with zero attached hydrogens (tertiary/aromatic N) is 5. The molecule has 3 heterocycles. The van der Waals surface area contributed by atoms with E-state index < -0.39 is 0 Å². The quantitative estimate of drug-likeness (QED) is 0.272. The highest BCUT2D eigenvalue weighted by molar-refractivity contribution is 7.98. The Labute approximate surface area is 205 Å². The first-order valence-electron chi connectivity index (χ1n) is 11.2. The molecule has 172 valence electrons. The summed E-state index contributed by atoms with van der Waals surface area (Å²) in [7, 11) is 0. The lowest BCUT2D eigenvalue weighted by Crippen LogP contribution is -2.02. The summed E-state index contributed by atoms with van der Waals surface area (Å²) in [4.78, 5) is 5.75. The first-order chi connectivity index (χ1) is 17.2. The van der Waals surface area contributed by atoms with Crippen molar-refractivity contribution < 1.29 is 4.39 Å². The van der Waals surface area contributed by atoms with Gasteiger partial charge in [-0.05, 0) is 59.7 Å². The lowest BCUT2D eigenvalue weighted by Gasteiger charge is -2.10. The van der Waals surface area contributed by atoms with Gasteiger partial charge in [0.2, 0.25) is 0 Å². The van der Waals surface area contributed by atoms with Crippen molar-refractivity contribution in [2.24, 2.45) is 0 Å². The van der Waals surface area contributed by atoms with E-state index in [9.17, 15) is 4.39 Å². The van der Waals surface area contributed by atoms with Crippen molar-refractivity contribution in [2.45, 2.75) is 17.2 Å². The second-order valence-electron chi connectivity index (χ2n) is 8.18. The third-order valence-corrected chi connectivity index (χ3v) is 6.86. The van der Waals surface area contributed by atoms with E-state index in [1.165, 1.54) is 17.0 Å². The van der Waals surface area contributed by atoms with Gasteiger partial charge in [0.05, 0.1) is 18.3 Å². The van der Waals surface area contributed by atoms with E-state index in [1.807, 2.05) is 64.1 Å². The molecule has 1 N–H and O–H groups in total. The van der Waals surface area contributed by atoms with Crippen LogP contribution in [0.3, 0.4) is 0 Å². The molecular weight excluding hydrogens is 459 g/mol. The SMILES string of the molecule is Fc1cccc(Cn2ncc3cc(Nc4ncnn5ccc(CSc6ccccc6)c45)ccc32)c1. The predicted octanol–water partition coefficient (Wildman–Crippen LogP) is 6.30. The van der Waals surface area contributed by atoms with E-state index in [4.69, 9.17) is 0 Å². The summed E-state index contributed by atoms with van der Waals surface area (Å²) < 4.78 is 17.3. The minimum Gasteiger partial charge on any atom is -0.338 e. The zero-order valence-electron chi connectivity index (χ0n) is 18.7. The van der Waals surface area contributed by atoms with Crippen LogP contribution in [0.25, 0.3) is 16.4 Å². The minimum absolute atomic E-state index is 0.242. The van der Waals surface area contributed by atoms with Crippen LogP contribution in [-0.4, -0.2) is 24.4 Å². The second kappa shape index (κ2) is 9.23. The molecule has 3 aromatic carbocycles. The van der Waals surface area contributed by atoms with Crippen molar-refractivity contribution in [1.82, 2.24) is 24.4 Å². The molecule has 6 rings (SSSR count). The molecule has 0 fully saturated rings. The molecule has 0 aliphatic carbocycles. The van der Waals surface area contributed by atoms with Crippen molar-refractivity contribution in [3.8, 4) is 0 Å². The van der Waals surface area contributed by atoms with Crippen LogP contribution >= 0.6 is 11.8 Å². The summed E-state index contributed by atoms with van der Waals surface area (Å²) in [5, 5.41) is 13.3. The molecule has 6 nitrogen and oxygen atoms in total. The number of thioether (sulfide) groups is 1. The predicted molar refractivity (Wildman–Crippen MR) is 138 cm³/mol. The maximum atomic E-state index is 13.6. The van der Waals surface area contributed by atoms with Crippen LogP contribution in [0.1, 0.15) is 11.1 Å². The van der Waals surface area contributed by atoms with E-state index in [-0.39, 0.29) is 5.82 Å². The van der Waals surface area contributed by atoms with Crippen LogP contribution in [0.2, 0.25) is 0 Å². The monoisotopic (exact) mass is 480 g/mol. The molecule has 0 bridgehead atoms. The average Bonchev–Trinajstić information content (AvgIpc) is 3.48. The van der Waals surface area contributed by atoms with E-state index in [1.54, 1.807) is 24.2 Å². The molecule has 3 aromatic heterocycles. The molecule has 0 aliphatic rings. The first-order valence-corrected chi connectivity index (χ1v) is 12.2. The Hall–Kier alpha value is -4.17. The first kappa shape index (κ1) is 21.4. The average molecular weight is 481 g/mol. The summed E-state index contributed by atoms with van der Waals surface area (Å²) >= 11 is 1.78. The third kappa shape index (κ3) is 4.48. The van der Waals surface area contributed by atoms with Gasteiger partial charge in [-0.25, -0.2) is 13.9 Å². The Morgan fingerprint density at radius 1 is 0.914 bits per heavy atom. The molecule has 35 heavy (non-hydrogen) atoms. The minimum atomic E-state index is -0.242. The number of benzene rings is 3. The lowest BCUT2D eigenvalue weighted by molar-refractivity contribution is 0.621. The molecule has 0 saturated heterocycles. The number of anilines is 2. The molecule has 0 spiro atoms. The van der Waals surface area contributed by atoms with Gasteiger partial charge in [-0.15, -0.1) is 11.8 Å². The van der Waals surface area contributed by atoms with E-state index in [0.29, 0.717) is 6.54 Å². The standard InChI is InChI=1S/C27H21FN6S/c28-22-6-4-5-19(13-22)16-34-25-10-9-23(14-21(25)15-30-34)32-27-26-20(11-12-33(26)31-18-29-27)17-35-24-7-2-1-3-8-24/h1-15,18H,16-17H2,(H,29,31,32). The van der Waals surface area contributed by atoms with Crippen LogP contribution in [0.15, 0.2) is 102 Å². The van der Waals surface area contributed by atoms with Gasteiger partial charge in [0.15, 0.2) is 5.82 Å². The molecule has 0 atom stereocenters. The van der Waals surface area contributed by atoms with Crippen molar-refractivity contribution in [2.75, 3.05) is 5.32 Å². The summed E-state index contributed by atoms with van der Waals surface area (Å²) in [5.41, 5.74) is 4.88. The Morgan fingerprint density at radius 3 is 2.71 bits per heavy atom. The Balaban J connectivity index is 1.26. The second-order valence-corrected chi connectivity index (χ2v) is 9.22. The van der Waals surface area contributed by atoms with Gasteiger partial charge in [-0.1, -0.05) is 30.3 Å². The highest BCUT2D eigenvalue weighted by atomic mass is 32.2. The highest BCUT2D eigenvalue weighted by Crippen LogP contribution is 2.30. The van der Waals surface area contributed by atoms with Crippen molar-refractivity contribution in [3.63, 3.8) is 0 Å². The summed E-state index contributed by atoms with van der Waals surface area (Å²) in [6.07, 6.45) is 5.34. The van der Waals surface area contributed by atoms with Gasteiger partial charge >= 0.3 is 0 Å². The van der Waals surface area contributed by atoms with Crippen LogP contribution in [0, 0.1) is 5.82 Å². The molecule has 0 saturated carbocycles. The number of halogens is 1. The molecule has 0 aliphatic heterocycles. The molecule has 0 amide bonds. The maximum absolute atomic E-state index is 13.6. The number of nitrogens with one attached hydrogen (secondary N) is 1. The zero-order valence-corrected chi connectivity index (χ0v) is 19.5. The van der Waals surface area contributed by atoms with Crippen LogP contribution in [-0.2, 0) is 12.3 Å². The summed E-state index contributed by atoms with van der Waals surface area (Å²) in [6.45, 7) is 0.507. The van der Waals surface area contributed by atoms with Crippen LogP contribution in [0.4, 0.5) is 15.9 Å². The maximum Gasteiger partial charge on any atom is 0.158 e. The fraction of sp³-hybridized carbons (Fsp3) is 0.0741. The van der Waals surface area contributed by atoms with Gasteiger partial charge in [0.1, 0.15) is 17.7 Å². The number of hydrogen-bond donors (Lipinski definition) is 1. The van der Waals surface area contributed by atoms with Crippen molar-refractivity contribution in [1.29, 1.82) is 0 Å². The fourth-order valence-corrected chi connectivity index (χ4v) is 5.04. The van der Waals surface area contributed by atoms with Crippen molar-refractivity contribution >= 4 is 39.7 Å². The molecule has 0 radical (unpaired) electrons. The number of rotatable bonds is 7. The Bertz CT molecular complexity index is 1630. The van der Waals surface area contributed by atoms with E-state index in [2.05, 4.69) is 38.7 Å². The molecule has 6 aromatic rings. The molecule has 8 heteroatoms.